The summed E-state index contributed by atoms with van der Waals surface area (Å²) in [5.74, 6) is -2.88. The highest BCUT2D eigenvalue weighted by atomic mass is 19.4. The first kappa shape index (κ1) is 14.9. The Labute approximate surface area is 116 Å². The van der Waals surface area contributed by atoms with Crippen molar-refractivity contribution in [3.8, 4) is 5.88 Å². The van der Waals surface area contributed by atoms with Crippen LogP contribution in [0.25, 0.3) is 0 Å². The van der Waals surface area contributed by atoms with Crippen molar-refractivity contribution in [3.63, 3.8) is 0 Å². The van der Waals surface area contributed by atoms with Crippen LogP contribution in [0.3, 0.4) is 0 Å². The predicted octanol–water partition coefficient (Wildman–Crippen LogP) is 2.87. The number of hydrogen-bond donors (Lipinski definition) is 0. The van der Waals surface area contributed by atoms with Crippen LogP contribution >= 0.6 is 0 Å². The molecule has 2 aromatic rings. The molecule has 0 bridgehead atoms. The molecule has 1 heterocycles. The van der Waals surface area contributed by atoms with Crippen molar-refractivity contribution < 1.29 is 27.1 Å². The van der Waals surface area contributed by atoms with Crippen LogP contribution in [0.1, 0.15) is 21.6 Å². The summed E-state index contributed by atoms with van der Waals surface area (Å²) in [7, 11) is 1.21. The van der Waals surface area contributed by atoms with Crippen LogP contribution in [0.15, 0.2) is 30.6 Å². The highest BCUT2D eigenvalue weighted by molar-refractivity contribution is 6.09. The second-order valence-corrected chi connectivity index (χ2v) is 3.91. The van der Waals surface area contributed by atoms with Crippen LogP contribution in [-0.2, 0) is 6.18 Å². The van der Waals surface area contributed by atoms with Crippen LogP contribution in [0.5, 0.6) is 5.88 Å². The maximum atomic E-state index is 13.9. The first-order chi connectivity index (χ1) is 9.86. The zero-order valence-corrected chi connectivity index (χ0v) is 10.6. The summed E-state index contributed by atoms with van der Waals surface area (Å²) in [6, 6.07) is 2.45. The Morgan fingerprint density at radius 2 is 1.86 bits per heavy atom. The molecule has 1 aromatic carbocycles. The number of alkyl halides is 3. The maximum Gasteiger partial charge on any atom is 0.419 e. The molecule has 4 nitrogen and oxygen atoms in total. The van der Waals surface area contributed by atoms with E-state index < -0.39 is 28.9 Å². The van der Waals surface area contributed by atoms with E-state index in [4.69, 9.17) is 4.74 Å². The molecule has 1 aromatic heterocycles. The number of aromatic nitrogens is 2. The molecule has 0 saturated carbocycles. The summed E-state index contributed by atoms with van der Waals surface area (Å²) in [4.78, 5) is 19.5. The average molecular weight is 300 g/mol. The number of halogens is 4. The third-order valence-corrected chi connectivity index (χ3v) is 2.62. The maximum absolute atomic E-state index is 13.9. The number of ether oxygens (including phenoxy) is 1. The van der Waals surface area contributed by atoms with Gasteiger partial charge in [-0.1, -0.05) is 6.07 Å². The lowest BCUT2D eigenvalue weighted by molar-refractivity contribution is -0.140. The number of carbonyl (C=O) groups is 1. The number of nitrogens with zero attached hydrogens (tertiary/aromatic N) is 2. The Balaban J connectivity index is 2.55. The normalized spacial score (nSPS) is 11.3. The number of carbonyl (C=O) groups excluding carboxylic acids is 1. The van der Waals surface area contributed by atoms with Gasteiger partial charge >= 0.3 is 6.18 Å². The second-order valence-electron chi connectivity index (χ2n) is 3.91. The first-order valence-electron chi connectivity index (χ1n) is 5.61. The lowest BCUT2D eigenvalue weighted by Gasteiger charge is -2.11. The predicted molar refractivity (Wildman–Crippen MR) is 63.4 cm³/mol. The third kappa shape index (κ3) is 2.83. The molecule has 21 heavy (non-hydrogen) atoms. The van der Waals surface area contributed by atoms with E-state index in [9.17, 15) is 22.4 Å². The molecule has 0 amide bonds. The minimum Gasteiger partial charge on any atom is -0.479 e. The fourth-order valence-electron chi connectivity index (χ4n) is 1.68. The van der Waals surface area contributed by atoms with Crippen molar-refractivity contribution in [1.29, 1.82) is 0 Å². The fourth-order valence-corrected chi connectivity index (χ4v) is 1.68. The molecule has 0 fully saturated rings. The van der Waals surface area contributed by atoms with E-state index in [0.717, 1.165) is 18.3 Å². The molecule has 0 radical (unpaired) electrons. The quantitative estimate of drug-likeness (QED) is 0.646. The molecular weight excluding hydrogens is 292 g/mol. The van der Waals surface area contributed by atoms with Gasteiger partial charge < -0.3 is 4.74 Å². The van der Waals surface area contributed by atoms with E-state index in [0.29, 0.717) is 6.07 Å². The summed E-state index contributed by atoms with van der Waals surface area (Å²) in [5.41, 5.74) is -2.63. The van der Waals surface area contributed by atoms with Crippen LogP contribution in [0, 0.1) is 5.82 Å². The van der Waals surface area contributed by atoms with Gasteiger partial charge in [-0.05, 0) is 12.1 Å². The fraction of sp³-hybridized carbons (Fsp3) is 0.154. The van der Waals surface area contributed by atoms with Gasteiger partial charge in [0.05, 0.1) is 18.2 Å². The summed E-state index contributed by atoms with van der Waals surface area (Å²) >= 11 is 0. The van der Waals surface area contributed by atoms with Gasteiger partial charge in [0.15, 0.2) is 5.69 Å². The van der Waals surface area contributed by atoms with Crippen LogP contribution in [0.2, 0.25) is 0 Å². The van der Waals surface area contributed by atoms with E-state index in [2.05, 4.69) is 9.97 Å². The molecule has 0 spiro atoms. The van der Waals surface area contributed by atoms with Crippen molar-refractivity contribution in [1.82, 2.24) is 9.97 Å². The molecule has 0 unspecified atom stereocenters. The van der Waals surface area contributed by atoms with E-state index >= 15 is 0 Å². The zero-order valence-electron chi connectivity index (χ0n) is 10.6. The number of benzene rings is 1. The molecule has 0 aliphatic rings. The van der Waals surface area contributed by atoms with Gasteiger partial charge in [0.2, 0.25) is 11.7 Å². The minimum atomic E-state index is -4.90. The smallest absolute Gasteiger partial charge is 0.419 e. The molecule has 8 heteroatoms. The largest absolute Gasteiger partial charge is 0.479 e. The Hall–Kier alpha value is -2.51. The monoisotopic (exact) mass is 300 g/mol. The van der Waals surface area contributed by atoms with Gasteiger partial charge in [-0.25, -0.2) is 14.4 Å². The Kier molecular flexibility index (Phi) is 3.88. The number of ketones is 1. The van der Waals surface area contributed by atoms with Crippen molar-refractivity contribution in [2.24, 2.45) is 0 Å². The molecule has 0 N–H and O–H groups in total. The minimum absolute atomic E-state index is 0.195. The Morgan fingerprint density at radius 1 is 1.19 bits per heavy atom. The molecule has 0 saturated heterocycles. The van der Waals surface area contributed by atoms with Gasteiger partial charge in [0.1, 0.15) is 5.82 Å². The van der Waals surface area contributed by atoms with E-state index in [1.165, 1.54) is 13.3 Å². The van der Waals surface area contributed by atoms with E-state index in [-0.39, 0.29) is 11.6 Å². The third-order valence-electron chi connectivity index (χ3n) is 2.62. The van der Waals surface area contributed by atoms with Crippen LogP contribution in [-0.4, -0.2) is 22.9 Å². The van der Waals surface area contributed by atoms with Gasteiger partial charge in [0.25, 0.3) is 0 Å². The van der Waals surface area contributed by atoms with Crippen molar-refractivity contribution >= 4 is 5.78 Å². The Bertz CT molecular complexity index is 686. The van der Waals surface area contributed by atoms with Gasteiger partial charge in [-0.15, -0.1) is 0 Å². The van der Waals surface area contributed by atoms with Gasteiger partial charge in [0, 0.05) is 12.4 Å². The van der Waals surface area contributed by atoms with Gasteiger partial charge in [-0.3, -0.25) is 4.79 Å². The summed E-state index contributed by atoms with van der Waals surface area (Å²) < 4.78 is 56.6. The van der Waals surface area contributed by atoms with E-state index in [1.54, 1.807) is 0 Å². The van der Waals surface area contributed by atoms with Crippen molar-refractivity contribution in [3.05, 3.63) is 53.2 Å². The molecule has 2 rings (SSSR count). The van der Waals surface area contributed by atoms with Crippen LogP contribution in [0.4, 0.5) is 17.6 Å². The molecular formula is C13H8F4N2O2. The molecule has 0 aliphatic heterocycles. The van der Waals surface area contributed by atoms with Crippen molar-refractivity contribution in [2.45, 2.75) is 6.18 Å². The summed E-state index contributed by atoms with van der Waals surface area (Å²) in [6.45, 7) is 0. The topological polar surface area (TPSA) is 52.1 Å². The molecule has 0 atom stereocenters. The summed E-state index contributed by atoms with van der Waals surface area (Å²) in [5, 5.41) is 0. The highest BCUT2D eigenvalue weighted by Gasteiger charge is 2.36. The highest BCUT2D eigenvalue weighted by Crippen LogP contribution is 2.33. The lowest BCUT2D eigenvalue weighted by atomic mass is 10.0. The number of methoxy groups -OCH3 is 1. The Morgan fingerprint density at radius 3 is 2.48 bits per heavy atom. The lowest BCUT2D eigenvalue weighted by Crippen LogP contribution is -2.14. The summed E-state index contributed by atoms with van der Waals surface area (Å²) in [6.07, 6.45) is -2.51. The van der Waals surface area contributed by atoms with Crippen LogP contribution < -0.4 is 4.74 Å². The molecule has 0 aliphatic carbocycles. The second kappa shape index (κ2) is 5.47. The molecule has 110 valence electrons. The SMILES string of the molecule is COc1nccnc1C(=O)c1cccc(C(F)(F)F)c1F. The van der Waals surface area contributed by atoms with E-state index in [1.807, 2.05) is 0 Å². The number of rotatable bonds is 3. The van der Waals surface area contributed by atoms with Crippen molar-refractivity contribution in [2.75, 3.05) is 7.11 Å². The first-order valence-corrected chi connectivity index (χ1v) is 5.61. The average Bonchev–Trinajstić information content (AvgIpc) is 2.45. The zero-order chi connectivity index (χ0) is 15.6. The van der Waals surface area contributed by atoms with Gasteiger partial charge in [-0.2, -0.15) is 13.2 Å². The standard InChI is InChI=1S/C13H8F4N2O2/c1-21-12-10(18-5-6-19-12)11(20)7-3-2-4-8(9(7)14)13(15,16)17/h2-6H,1H3. The number of hydrogen-bond acceptors (Lipinski definition) is 4.